The van der Waals surface area contributed by atoms with Gasteiger partial charge in [-0.25, -0.2) is 4.79 Å². The molecule has 0 aliphatic carbocycles. The molecule has 0 saturated heterocycles. The number of carbonyl (C=O) groups excluding carboxylic acids is 1. The monoisotopic (exact) mass is 298 g/mol. The van der Waals surface area contributed by atoms with E-state index in [1.807, 2.05) is 6.07 Å². The molecule has 0 aliphatic heterocycles. The van der Waals surface area contributed by atoms with Crippen molar-refractivity contribution in [2.75, 3.05) is 17.7 Å². The number of benzene rings is 1. The van der Waals surface area contributed by atoms with Gasteiger partial charge in [0.1, 0.15) is 5.60 Å². The number of nitrogens with zero attached hydrogens (tertiary/aromatic N) is 1. The summed E-state index contributed by atoms with van der Waals surface area (Å²) in [4.78, 5) is 13.3. The predicted octanol–water partition coefficient (Wildman–Crippen LogP) is 2.48. The molecule has 1 rings (SSSR count). The number of hydrogen-bond acceptors (Lipinski definition) is 4. The SMILES string of the molecule is CN(C(=O)OC(C)(C)C)c1cccc(CCS(=O)[O-])c1. The Kier molecular flexibility index (Phi) is 5.71. The molecule has 0 bridgehead atoms. The summed E-state index contributed by atoms with van der Waals surface area (Å²) in [6.07, 6.45) is -0.0198. The quantitative estimate of drug-likeness (QED) is 0.801. The lowest BCUT2D eigenvalue weighted by molar-refractivity contribution is 0.0589. The number of hydrogen-bond donors (Lipinski definition) is 0. The van der Waals surface area contributed by atoms with Crippen LogP contribution in [0.2, 0.25) is 0 Å². The van der Waals surface area contributed by atoms with E-state index in [0.29, 0.717) is 12.1 Å². The molecule has 0 fully saturated rings. The van der Waals surface area contributed by atoms with Crippen LogP contribution in [-0.2, 0) is 22.2 Å². The second-order valence-electron chi connectivity index (χ2n) is 5.47. The standard InChI is InChI=1S/C14H21NO4S/c1-14(2,3)19-13(16)15(4)12-7-5-6-11(10-12)8-9-20(17)18/h5-7,10H,8-9H2,1-4H3,(H,17,18)/p-1. The molecule has 6 heteroatoms. The lowest BCUT2D eigenvalue weighted by Crippen LogP contribution is -2.34. The van der Waals surface area contributed by atoms with Gasteiger partial charge < -0.3 is 9.29 Å². The van der Waals surface area contributed by atoms with Crippen LogP contribution in [0.4, 0.5) is 10.5 Å². The van der Waals surface area contributed by atoms with Gasteiger partial charge in [0.25, 0.3) is 0 Å². The van der Waals surface area contributed by atoms with Crippen molar-refractivity contribution in [3.63, 3.8) is 0 Å². The van der Waals surface area contributed by atoms with E-state index < -0.39 is 22.8 Å². The molecule has 20 heavy (non-hydrogen) atoms. The Morgan fingerprint density at radius 3 is 2.60 bits per heavy atom. The highest BCUT2D eigenvalue weighted by molar-refractivity contribution is 7.79. The van der Waals surface area contributed by atoms with E-state index in [2.05, 4.69) is 0 Å². The fourth-order valence-electron chi connectivity index (χ4n) is 1.56. The van der Waals surface area contributed by atoms with Gasteiger partial charge >= 0.3 is 6.09 Å². The predicted molar refractivity (Wildman–Crippen MR) is 78.6 cm³/mol. The van der Waals surface area contributed by atoms with Crippen molar-refractivity contribution in [3.05, 3.63) is 29.8 Å². The van der Waals surface area contributed by atoms with E-state index in [0.717, 1.165) is 5.56 Å². The summed E-state index contributed by atoms with van der Waals surface area (Å²) < 4.78 is 26.4. The van der Waals surface area contributed by atoms with Crippen molar-refractivity contribution in [2.45, 2.75) is 32.8 Å². The summed E-state index contributed by atoms with van der Waals surface area (Å²) in [5, 5.41) is 0. The van der Waals surface area contributed by atoms with Crippen molar-refractivity contribution in [3.8, 4) is 0 Å². The van der Waals surface area contributed by atoms with Crippen molar-refractivity contribution < 1.29 is 18.3 Å². The summed E-state index contributed by atoms with van der Waals surface area (Å²) in [6, 6.07) is 7.19. The fourth-order valence-corrected chi connectivity index (χ4v) is 1.96. The van der Waals surface area contributed by atoms with Crippen molar-refractivity contribution in [1.82, 2.24) is 0 Å². The Morgan fingerprint density at radius 2 is 2.05 bits per heavy atom. The van der Waals surface area contributed by atoms with Crippen LogP contribution in [0.1, 0.15) is 26.3 Å². The Morgan fingerprint density at radius 1 is 1.40 bits per heavy atom. The van der Waals surface area contributed by atoms with Crippen LogP contribution in [0.15, 0.2) is 24.3 Å². The zero-order chi connectivity index (χ0) is 15.3. The molecule has 0 aliphatic rings. The molecule has 112 valence electrons. The van der Waals surface area contributed by atoms with E-state index in [4.69, 9.17) is 4.74 Å². The minimum Gasteiger partial charge on any atom is -0.772 e. The van der Waals surface area contributed by atoms with Gasteiger partial charge in [0.05, 0.1) is 0 Å². The van der Waals surface area contributed by atoms with Gasteiger partial charge in [-0.3, -0.25) is 9.11 Å². The first kappa shape index (κ1) is 16.7. The molecule has 1 unspecified atom stereocenters. The molecule has 1 aromatic carbocycles. The molecule has 0 radical (unpaired) electrons. The number of amides is 1. The van der Waals surface area contributed by atoms with Gasteiger partial charge in [-0.1, -0.05) is 23.2 Å². The maximum absolute atomic E-state index is 11.9. The van der Waals surface area contributed by atoms with Crippen molar-refractivity contribution in [1.29, 1.82) is 0 Å². The minimum atomic E-state index is -2.06. The Bertz CT molecular complexity index is 496. The molecule has 0 heterocycles. The fraction of sp³-hybridized carbons (Fsp3) is 0.500. The minimum absolute atomic E-state index is 0.0691. The first-order valence-corrected chi connectivity index (χ1v) is 7.55. The average molecular weight is 298 g/mol. The van der Waals surface area contributed by atoms with Gasteiger partial charge in [0.15, 0.2) is 0 Å². The van der Waals surface area contributed by atoms with E-state index in [1.165, 1.54) is 4.90 Å². The molecule has 0 saturated carbocycles. The number of rotatable bonds is 4. The number of carbonyl (C=O) groups is 1. The molecule has 1 aromatic rings. The number of ether oxygens (including phenoxy) is 1. The average Bonchev–Trinajstić information content (AvgIpc) is 2.33. The molecule has 5 nitrogen and oxygen atoms in total. The van der Waals surface area contributed by atoms with Crippen LogP contribution in [0, 0.1) is 0 Å². The Labute approximate surface area is 122 Å². The summed E-state index contributed by atoms with van der Waals surface area (Å²) in [5.41, 5.74) is 0.984. The van der Waals surface area contributed by atoms with Gasteiger partial charge in [-0.05, 0) is 44.9 Å². The van der Waals surface area contributed by atoms with Crippen LogP contribution in [0.3, 0.4) is 0 Å². The highest BCUT2D eigenvalue weighted by Gasteiger charge is 2.20. The maximum atomic E-state index is 11.9. The molecular formula is C14H20NO4S-. The number of aryl methyl sites for hydroxylation is 1. The number of anilines is 1. The topological polar surface area (TPSA) is 69.7 Å². The zero-order valence-electron chi connectivity index (χ0n) is 12.2. The van der Waals surface area contributed by atoms with Crippen LogP contribution in [0.25, 0.3) is 0 Å². The zero-order valence-corrected chi connectivity index (χ0v) is 13.0. The van der Waals surface area contributed by atoms with Crippen LogP contribution in [-0.4, -0.2) is 33.3 Å². The van der Waals surface area contributed by atoms with Crippen LogP contribution < -0.4 is 4.90 Å². The smallest absolute Gasteiger partial charge is 0.414 e. The normalized spacial score (nSPS) is 12.8. The third kappa shape index (κ3) is 5.71. The van der Waals surface area contributed by atoms with Crippen LogP contribution >= 0.6 is 0 Å². The third-order valence-electron chi connectivity index (χ3n) is 2.52. The third-order valence-corrected chi connectivity index (χ3v) is 3.06. The summed E-state index contributed by atoms with van der Waals surface area (Å²) in [5.74, 6) is 0.0691. The summed E-state index contributed by atoms with van der Waals surface area (Å²) in [7, 11) is 1.62. The maximum Gasteiger partial charge on any atom is 0.414 e. The van der Waals surface area contributed by atoms with Gasteiger partial charge in [0, 0.05) is 18.5 Å². The summed E-state index contributed by atoms with van der Waals surface area (Å²) >= 11 is -2.06. The molecule has 1 amide bonds. The van der Waals surface area contributed by atoms with E-state index in [1.54, 1.807) is 46.0 Å². The first-order chi connectivity index (χ1) is 9.19. The van der Waals surface area contributed by atoms with Crippen LogP contribution in [0.5, 0.6) is 0 Å². The molecular weight excluding hydrogens is 278 g/mol. The first-order valence-electron chi connectivity index (χ1n) is 6.30. The Balaban J connectivity index is 2.77. The molecule has 0 aromatic heterocycles. The highest BCUT2D eigenvalue weighted by Crippen LogP contribution is 2.18. The highest BCUT2D eigenvalue weighted by atomic mass is 32.2. The largest absolute Gasteiger partial charge is 0.772 e. The van der Waals surface area contributed by atoms with Gasteiger partial charge in [-0.2, -0.15) is 0 Å². The van der Waals surface area contributed by atoms with Gasteiger partial charge in [0.2, 0.25) is 0 Å². The molecule has 0 N–H and O–H groups in total. The second-order valence-corrected chi connectivity index (χ2v) is 6.48. The summed E-state index contributed by atoms with van der Waals surface area (Å²) in [6.45, 7) is 5.41. The molecule has 1 atom stereocenters. The second kappa shape index (κ2) is 6.85. The van der Waals surface area contributed by atoms with E-state index in [9.17, 15) is 13.6 Å². The lowest BCUT2D eigenvalue weighted by atomic mass is 10.1. The molecule has 0 spiro atoms. The lowest BCUT2D eigenvalue weighted by Gasteiger charge is -2.25. The van der Waals surface area contributed by atoms with Gasteiger partial charge in [-0.15, -0.1) is 0 Å². The van der Waals surface area contributed by atoms with Crippen molar-refractivity contribution in [2.24, 2.45) is 0 Å². The van der Waals surface area contributed by atoms with E-state index >= 15 is 0 Å². The Hall–Kier alpha value is -1.40. The van der Waals surface area contributed by atoms with Crippen molar-refractivity contribution >= 4 is 22.9 Å². The van der Waals surface area contributed by atoms with E-state index in [-0.39, 0.29) is 5.75 Å².